The summed E-state index contributed by atoms with van der Waals surface area (Å²) in [4.78, 5) is 11.5. The number of nitrogens with zero attached hydrogens (tertiary/aromatic N) is 1. The minimum atomic E-state index is -7.22. The molecule has 27 heavy (non-hydrogen) atoms. The maximum absolute atomic E-state index is 13.9. The molecule has 1 aromatic rings. The van der Waals surface area contributed by atoms with Crippen molar-refractivity contribution in [3.05, 3.63) is 35.9 Å². The summed E-state index contributed by atoms with van der Waals surface area (Å²) in [5.41, 5.74) is -0.0432. The molecule has 1 amide bonds. The summed E-state index contributed by atoms with van der Waals surface area (Å²) in [6.07, 6.45) is -8.90. The van der Waals surface area contributed by atoms with E-state index in [1.165, 1.54) is 30.3 Å². The van der Waals surface area contributed by atoms with Crippen LogP contribution in [0.25, 0.3) is 0 Å². The zero-order valence-corrected chi connectivity index (χ0v) is 13.5. The van der Waals surface area contributed by atoms with E-state index in [-0.39, 0.29) is 5.56 Å². The van der Waals surface area contributed by atoms with Crippen molar-refractivity contribution in [2.24, 2.45) is 0 Å². The fraction of sp³-hybridized carbons (Fsp3) is 0.462. The van der Waals surface area contributed by atoms with Crippen LogP contribution in [0.15, 0.2) is 30.3 Å². The van der Waals surface area contributed by atoms with Gasteiger partial charge in [-0.3, -0.25) is 0 Å². The van der Waals surface area contributed by atoms with E-state index in [4.69, 9.17) is 0 Å². The van der Waals surface area contributed by atoms with Crippen LogP contribution in [0.2, 0.25) is 0 Å². The lowest BCUT2D eigenvalue weighted by molar-refractivity contribution is -0.382. The van der Waals surface area contributed by atoms with Gasteiger partial charge in [-0.25, -0.2) is 13.3 Å². The van der Waals surface area contributed by atoms with Gasteiger partial charge in [0.25, 0.3) is 0 Å². The summed E-state index contributed by atoms with van der Waals surface area (Å²) in [6.45, 7) is -0.758. The van der Waals surface area contributed by atoms with Gasteiger partial charge in [-0.05, 0) is 5.56 Å². The topological polar surface area (TPSA) is 46.6 Å². The van der Waals surface area contributed by atoms with Gasteiger partial charge in [0.2, 0.25) is 11.0 Å². The number of carbonyl (C=O) groups is 1. The van der Waals surface area contributed by atoms with E-state index >= 15 is 0 Å². The first-order valence-electron chi connectivity index (χ1n) is 6.79. The number of carbonyl (C=O) groups excluding carboxylic acids is 1. The van der Waals surface area contributed by atoms with Crippen LogP contribution in [0.1, 0.15) is 11.6 Å². The molecule has 1 heterocycles. The Morgan fingerprint density at radius 2 is 1.44 bits per heavy atom. The highest BCUT2D eigenvalue weighted by Gasteiger charge is 2.84. The number of ether oxygens (including phenoxy) is 1. The molecule has 1 fully saturated rings. The fourth-order valence-electron chi connectivity index (χ4n) is 2.09. The summed E-state index contributed by atoms with van der Waals surface area (Å²) < 4.78 is 133. The smallest absolute Gasteiger partial charge is 0.446 e. The van der Waals surface area contributed by atoms with Crippen molar-refractivity contribution in [1.29, 1.82) is 0 Å². The Morgan fingerprint density at radius 3 is 1.93 bits per heavy atom. The van der Waals surface area contributed by atoms with E-state index < -0.39 is 57.3 Å². The fourth-order valence-corrected chi connectivity index (χ4v) is 3.29. The molecule has 2 atom stereocenters. The lowest BCUT2D eigenvalue weighted by atomic mass is 10.1. The molecule has 2 rings (SSSR count). The molecule has 0 spiro atoms. The van der Waals surface area contributed by atoms with Crippen molar-refractivity contribution in [3.63, 3.8) is 0 Å². The van der Waals surface area contributed by atoms with Crippen LogP contribution in [0, 0.1) is 0 Å². The maximum atomic E-state index is 13.9. The average Bonchev–Trinajstić information content (AvgIpc) is 2.95. The standard InChI is InChI=1S/C13H8F9NO3S/c14-10(15,12(18,19)20)11(16,17)13(21,22)27(25)23-8(6-26-9(23)24)7-4-2-1-3-5-7/h1-5,8H,6H2/t8-,27-/m0/s1. The van der Waals surface area contributed by atoms with Gasteiger partial charge in [0.15, 0.2) is 0 Å². The van der Waals surface area contributed by atoms with Crippen LogP contribution in [-0.2, 0) is 15.7 Å². The Balaban J connectivity index is 2.45. The number of halogens is 9. The van der Waals surface area contributed by atoms with Crippen molar-refractivity contribution in [1.82, 2.24) is 4.31 Å². The van der Waals surface area contributed by atoms with Crippen LogP contribution in [0.5, 0.6) is 0 Å². The second kappa shape index (κ2) is 6.56. The highest BCUT2D eigenvalue weighted by Crippen LogP contribution is 2.55. The van der Waals surface area contributed by atoms with Crippen LogP contribution < -0.4 is 0 Å². The second-order valence-electron chi connectivity index (χ2n) is 5.24. The molecule has 14 heteroatoms. The molecule has 0 radical (unpaired) electrons. The number of hydrogen-bond donors (Lipinski definition) is 0. The third-order valence-corrected chi connectivity index (χ3v) is 4.98. The number of hydrogen-bond acceptors (Lipinski definition) is 3. The Kier molecular flexibility index (Phi) is 5.18. The number of cyclic esters (lactones) is 1. The SMILES string of the molecule is O=C1OC[C@@H](c2ccccc2)N1[S@@](=O)C(F)(F)C(F)(F)C(F)(F)C(F)(F)F. The summed E-state index contributed by atoms with van der Waals surface area (Å²) >= 11 is 0. The zero-order chi connectivity index (χ0) is 20.8. The number of benzene rings is 1. The molecule has 0 aromatic heterocycles. The largest absolute Gasteiger partial charge is 0.460 e. The lowest BCUT2D eigenvalue weighted by Gasteiger charge is -2.34. The van der Waals surface area contributed by atoms with Crippen LogP contribution in [0.3, 0.4) is 0 Å². The zero-order valence-electron chi connectivity index (χ0n) is 12.7. The quantitative estimate of drug-likeness (QED) is 0.657. The number of amides is 1. The van der Waals surface area contributed by atoms with E-state index in [0.717, 1.165) is 0 Å². The van der Waals surface area contributed by atoms with Crippen molar-refractivity contribution in [2.75, 3.05) is 6.61 Å². The van der Waals surface area contributed by atoms with Gasteiger partial charge in [-0.1, -0.05) is 30.3 Å². The Hall–Kier alpha value is -1.99. The predicted octanol–water partition coefficient (Wildman–Crippen LogP) is 4.27. The molecule has 0 N–H and O–H groups in total. The van der Waals surface area contributed by atoms with E-state index in [2.05, 4.69) is 4.74 Å². The van der Waals surface area contributed by atoms with E-state index in [1.54, 1.807) is 0 Å². The van der Waals surface area contributed by atoms with Crippen molar-refractivity contribution in [3.8, 4) is 0 Å². The van der Waals surface area contributed by atoms with Crippen LogP contribution in [-0.4, -0.2) is 44.5 Å². The summed E-state index contributed by atoms with van der Waals surface area (Å²) in [6, 6.07) is 4.80. The first-order chi connectivity index (χ1) is 12.2. The number of alkyl halides is 9. The van der Waals surface area contributed by atoms with Gasteiger partial charge in [0, 0.05) is 0 Å². The molecular weight excluding hydrogens is 421 g/mol. The van der Waals surface area contributed by atoms with E-state index in [1.807, 2.05) is 0 Å². The number of rotatable bonds is 5. The highest BCUT2D eigenvalue weighted by molar-refractivity contribution is 7.84. The second-order valence-corrected chi connectivity index (χ2v) is 6.65. The molecule has 1 aliphatic heterocycles. The summed E-state index contributed by atoms with van der Waals surface area (Å²) in [5.74, 6) is -14.3. The van der Waals surface area contributed by atoms with Crippen molar-refractivity contribution in [2.45, 2.75) is 29.3 Å². The lowest BCUT2D eigenvalue weighted by Crippen LogP contribution is -2.63. The minimum Gasteiger partial charge on any atom is -0.446 e. The van der Waals surface area contributed by atoms with Crippen molar-refractivity contribution < 1.29 is 53.3 Å². The highest BCUT2D eigenvalue weighted by atomic mass is 32.2. The molecule has 0 saturated carbocycles. The average molecular weight is 429 g/mol. The summed E-state index contributed by atoms with van der Waals surface area (Å²) in [5, 5.41) is -6.46. The Bertz CT molecular complexity index is 738. The normalized spacial score (nSPS) is 20.6. The molecule has 4 nitrogen and oxygen atoms in total. The molecule has 0 unspecified atom stereocenters. The summed E-state index contributed by atoms with van der Waals surface area (Å²) in [7, 11) is -4.62. The Labute approximate surface area is 147 Å². The van der Waals surface area contributed by atoms with Gasteiger partial charge in [0.1, 0.15) is 12.6 Å². The van der Waals surface area contributed by atoms with Crippen LogP contribution >= 0.6 is 0 Å². The van der Waals surface area contributed by atoms with E-state index in [9.17, 15) is 48.5 Å². The molecule has 152 valence electrons. The van der Waals surface area contributed by atoms with Gasteiger partial charge >= 0.3 is 29.4 Å². The molecule has 1 saturated heterocycles. The van der Waals surface area contributed by atoms with Gasteiger partial charge in [0.05, 0.1) is 0 Å². The van der Waals surface area contributed by atoms with E-state index in [0.29, 0.717) is 0 Å². The monoisotopic (exact) mass is 429 g/mol. The maximum Gasteiger partial charge on any atom is 0.460 e. The first kappa shape index (κ1) is 21.3. The first-order valence-corrected chi connectivity index (χ1v) is 7.90. The third-order valence-electron chi connectivity index (χ3n) is 3.53. The van der Waals surface area contributed by atoms with Gasteiger partial charge < -0.3 is 4.74 Å². The van der Waals surface area contributed by atoms with Crippen molar-refractivity contribution >= 4 is 17.1 Å². The van der Waals surface area contributed by atoms with Gasteiger partial charge in [-0.2, -0.15) is 39.5 Å². The Morgan fingerprint density at radius 1 is 0.926 bits per heavy atom. The van der Waals surface area contributed by atoms with Gasteiger partial charge in [-0.15, -0.1) is 0 Å². The predicted molar refractivity (Wildman–Crippen MR) is 71.4 cm³/mol. The molecule has 0 aliphatic carbocycles. The van der Waals surface area contributed by atoms with Crippen LogP contribution in [0.4, 0.5) is 44.3 Å². The molecular formula is C13H8F9NO3S. The third kappa shape index (κ3) is 3.23. The molecule has 0 bridgehead atoms. The minimum absolute atomic E-state index is 0.0432. The molecule has 1 aliphatic rings. The molecule has 1 aromatic carbocycles.